The molecule has 0 heterocycles. The summed E-state index contributed by atoms with van der Waals surface area (Å²) in [6.45, 7) is 2.16. The standard InChI is InChI=1S/C15H18O4/c1-3-19-15(17)10-4-7-14(16)13-6-5-12(18-2)9-11(13)8-10/h5-6,9-10H,3-4,7-8H2,1-2H3/t10-/m0/s1. The number of Topliss-reactive ketones (excluding diaryl/α,β-unsaturated/α-hetero) is 1. The van der Waals surface area contributed by atoms with Gasteiger partial charge in [0, 0.05) is 12.0 Å². The van der Waals surface area contributed by atoms with Crippen LogP contribution in [0.4, 0.5) is 0 Å². The van der Waals surface area contributed by atoms with Crippen LogP contribution in [0.25, 0.3) is 0 Å². The van der Waals surface area contributed by atoms with Crippen molar-refractivity contribution in [3.63, 3.8) is 0 Å². The number of ketones is 1. The van der Waals surface area contributed by atoms with Crippen LogP contribution in [0.1, 0.15) is 35.7 Å². The number of hydrogen-bond acceptors (Lipinski definition) is 4. The van der Waals surface area contributed by atoms with Gasteiger partial charge in [-0.3, -0.25) is 9.59 Å². The molecular formula is C15H18O4. The highest BCUT2D eigenvalue weighted by Crippen LogP contribution is 2.28. The van der Waals surface area contributed by atoms with Crippen molar-refractivity contribution in [2.75, 3.05) is 13.7 Å². The summed E-state index contributed by atoms with van der Waals surface area (Å²) in [7, 11) is 1.59. The van der Waals surface area contributed by atoms with Gasteiger partial charge in [0.15, 0.2) is 5.78 Å². The highest BCUT2D eigenvalue weighted by Gasteiger charge is 2.27. The highest BCUT2D eigenvalue weighted by atomic mass is 16.5. The lowest BCUT2D eigenvalue weighted by atomic mass is 9.96. The zero-order chi connectivity index (χ0) is 13.8. The van der Waals surface area contributed by atoms with Crippen molar-refractivity contribution >= 4 is 11.8 Å². The van der Waals surface area contributed by atoms with E-state index in [0.29, 0.717) is 37.2 Å². The Morgan fingerprint density at radius 2 is 2.21 bits per heavy atom. The van der Waals surface area contributed by atoms with Crippen molar-refractivity contribution in [3.8, 4) is 5.75 Å². The molecule has 0 saturated carbocycles. The molecule has 1 aromatic rings. The van der Waals surface area contributed by atoms with Gasteiger partial charge in [-0.25, -0.2) is 0 Å². The average molecular weight is 262 g/mol. The summed E-state index contributed by atoms with van der Waals surface area (Å²) in [4.78, 5) is 23.9. The second-order valence-corrected chi connectivity index (χ2v) is 4.64. The summed E-state index contributed by atoms with van der Waals surface area (Å²) in [5, 5.41) is 0. The van der Waals surface area contributed by atoms with Gasteiger partial charge in [0.05, 0.1) is 19.6 Å². The molecule has 2 rings (SSSR count). The third-order valence-corrected chi connectivity index (χ3v) is 3.42. The predicted octanol–water partition coefficient (Wildman–Crippen LogP) is 2.39. The van der Waals surface area contributed by atoms with Crippen molar-refractivity contribution in [1.82, 2.24) is 0 Å². The molecule has 0 amide bonds. The van der Waals surface area contributed by atoms with Crippen LogP contribution in [-0.4, -0.2) is 25.5 Å². The summed E-state index contributed by atoms with van der Waals surface area (Å²) in [6.07, 6.45) is 1.48. The molecule has 0 fully saturated rings. The van der Waals surface area contributed by atoms with Crippen LogP contribution < -0.4 is 4.74 Å². The highest BCUT2D eigenvalue weighted by molar-refractivity contribution is 5.98. The van der Waals surface area contributed by atoms with Gasteiger partial charge in [-0.1, -0.05) is 0 Å². The van der Waals surface area contributed by atoms with Crippen molar-refractivity contribution in [2.45, 2.75) is 26.2 Å². The monoisotopic (exact) mass is 262 g/mol. The summed E-state index contributed by atoms with van der Waals surface area (Å²) in [5.74, 6) is 0.337. The number of esters is 1. The first-order valence-electron chi connectivity index (χ1n) is 6.52. The number of hydrogen-bond donors (Lipinski definition) is 0. The van der Waals surface area contributed by atoms with Gasteiger partial charge in [-0.05, 0) is 43.5 Å². The van der Waals surface area contributed by atoms with Gasteiger partial charge in [-0.15, -0.1) is 0 Å². The van der Waals surface area contributed by atoms with E-state index in [9.17, 15) is 9.59 Å². The summed E-state index contributed by atoms with van der Waals surface area (Å²) >= 11 is 0. The first kappa shape index (κ1) is 13.6. The Labute approximate surface area is 112 Å². The molecule has 19 heavy (non-hydrogen) atoms. The van der Waals surface area contributed by atoms with Crippen LogP contribution in [0.2, 0.25) is 0 Å². The first-order chi connectivity index (χ1) is 9.15. The van der Waals surface area contributed by atoms with Crippen LogP contribution in [0.5, 0.6) is 5.75 Å². The van der Waals surface area contributed by atoms with Crippen LogP contribution in [-0.2, 0) is 16.0 Å². The van der Waals surface area contributed by atoms with Crippen LogP contribution in [0.15, 0.2) is 18.2 Å². The van der Waals surface area contributed by atoms with Crippen LogP contribution >= 0.6 is 0 Å². The third kappa shape index (κ3) is 2.95. The van der Waals surface area contributed by atoms with E-state index in [1.54, 1.807) is 26.2 Å². The molecule has 0 aromatic heterocycles. The van der Waals surface area contributed by atoms with Gasteiger partial charge in [0.25, 0.3) is 0 Å². The lowest BCUT2D eigenvalue weighted by Crippen LogP contribution is -2.19. The SMILES string of the molecule is CCOC(=O)[C@H]1CCC(=O)c2ccc(OC)cc2C1. The minimum Gasteiger partial charge on any atom is -0.497 e. The third-order valence-electron chi connectivity index (χ3n) is 3.42. The smallest absolute Gasteiger partial charge is 0.309 e. The molecule has 102 valence electrons. The van der Waals surface area contributed by atoms with E-state index in [-0.39, 0.29) is 17.7 Å². The fourth-order valence-electron chi connectivity index (χ4n) is 2.41. The zero-order valence-corrected chi connectivity index (χ0v) is 11.3. The van der Waals surface area contributed by atoms with Crippen molar-refractivity contribution in [2.24, 2.45) is 5.92 Å². The summed E-state index contributed by atoms with van der Waals surface area (Å²) in [5.41, 5.74) is 1.58. The number of rotatable bonds is 3. The van der Waals surface area contributed by atoms with Crippen molar-refractivity contribution in [3.05, 3.63) is 29.3 Å². The maximum atomic E-state index is 12.0. The largest absolute Gasteiger partial charge is 0.497 e. The van der Waals surface area contributed by atoms with E-state index in [4.69, 9.17) is 9.47 Å². The number of ether oxygens (including phenoxy) is 2. The van der Waals surface area contributed by atoms with E-state index in [0.717, 1.165) is 5.56 Å². The quantitative estimate of drug-likeness (QED) is 0.620. The molecule has 0 radical (unpaired) electrons. The summed E-state index contributed by atoms with van der Waals surface area (Å²) in [6, 6.07) is 5.40. The first-order valence-corrected chi connectivity index (χ1v) is 6.52. The maximum absolute atomic E-state index is 12.0. The van der Waals surface area contributed by atoms with Crippen molar-refractivity contribution in [1.29, 1.82) is 0 Å². The van der Waals surface area contributed by atoms with E-state index >= 15 is 0 Å². The minimum atomic E-state index is -0.239. The topological polar surface area (TPSA) is 52.6 Å². The lowest BCUT2D eigenvalue weighted by molar-refractivity contribution is -0.148. The molecule has 4 heteroatoms. The van der Waals surface area contributed by atoms with E-state index in [1.807, 2.05) is 6.07 Å². The number of methoxy groups -OCH3 is 1. The van der Waals surface area contributed by atoms with E-state index < -0.39 is 0 Å². The Morgan fingerprint density at radius 1 is 1.42 bits per heavy atom. The minimum absolute atomic E-state index is 0.0875. The molecule has 0 N–H and O–H groups in total. The number of fused-ring (bicyclic) bond motifs is 1. The van der Waals surface area contributed by atoms with Gasteiger partial charge in [-0.2, -0.15) is 0 Å². The van der Waals surface area contributed by atoms with Gasteiger partial charge >= 0.3 is 5.97 Å². The zero-order valence-electron chi connectivity index (χ0n) is 11.3. The molecule has 0 unspecified atom stereocenters. The van der Waals surface area contributed by atoms with Crippen LogP contribution in [0, 0.1) is 5.92 Å². The van der Waals surface area contributed by atoms with Gasteiger partial charge in [0.1, 0.15) is 5.75 Å². The molecule has 0 bridgehead atoms. The van der Waals surface area contributed by atoms with Crippen molar-refractivity contribution < 1.29 is 19.1 Å². The molecule has 4 nitrogen and oxygen atoms in total. The second-order valence-electron chi connectivity index (χ2n) is 4.64. The molecule has 0 spiro atoms. The predicted molar refractivity (Wildman–Crippen MR) is 70.4 cm³/mol. The fourth-order valence-corrected chi connectivity index (χ4v) is 2.41. The van der Waals surface area contributed by atoms with Crippen LogP contribution in [0.3, 0.4) is 0 Å². The van der Waals surface area contributed by atoms with E-state index in [1.165, 1.54) is 0 Å². The Kier molecular flexibility index (Phi) is 4.20. The van der Waals surface area contributed by atoms with E-state index in [2.05, 4.69) is 0 Å². The lowest BCUT2D eigenvalue weighted by Gasteiger charge is -2.13. The molecule has 1 aromatic carbocycles. The Hall–Kier alpha value is -1.84. The Balaban J connectivity index is 2.29. The summed E-state index contributed by atoms with van der Waals surface area (Å²) < 4.78 is 10.2. The number of carbonyl (C=O) groups is 2. The maximum Gasteiger partial charge on any atom is 0.309 e. The normalized spacial score (nSPS) is 18.4. The molecule has 1 aliphatic carbocycles. The molecule has 0 saturated heterocycles. The molecule has 0 aliphatic heterocycles. The number of benzene rings is 1. The van der Waals surface area contributed by atoms with Gasteiger partial charge < -0.3 is 9.47 Å². The molecule has 1 aliphatic rings. The molecule has 1 atom stereocenters. The number of carbonyl (C=O) groups excluding carboxylic acids is 2. The second kappa shape index (κ2) is 5.87. The molecular weight excluding hydrogens is 244 g/mol. The Morgan fingerprint density at radius 3 is 2.89 bits per heavy atom. The average Bonchev–Trinajstić information content (AvgIpc) is 2.58. The fraction of sp³-hybridized carbons (Fsp3) is 0.467. The Bertz CT molecular complexity index is 493. The van der Waals surface area contributed by atoms with Gasteiger partial charge in [0.2, 0.25) is 0 Å².